The lowest BCUT2D eigenvalue weighted by Gasteiger charge is -2.26. The lowest BCUT2D eigenvalue weighted by atomic mass is 10.1. The third kappa shape index (κ3) is 3.08. The van der Waals surface area contributed by atoms with Crippen molar-refractivity contribution >= 4 is 12.0 Å². The Morgan fingerprint density at radius 2 is 2.32 bits per heavy atom. The summed E-state index contributed by atoms with van der Waals surface area (Å²) in [6.45, 7) is 0.716. The molecule has 22 heavy (non-hydrogen) atoms. The lowest BCUT2D eigenvalue weighted by molar-refractivity contribution is -0.128. The van der Waals surface area contributed by atoms with Gasteiger partial charge in [0.05, 0.1) is 11.7 Å². The fourth-order valence-electron chi connectivity index (χ4n) is 2.77. The Hall–Kier alpha value is -2.44. The summed E-state index contributed by atoms with van der Waals surface area (Å²) < 4.78 is 6.57. The molecule has 1 atom stereocenters. The summed E-state index contributed by atoms with van der Waals surface area (Å²) in [5, 5.41) is 8.01. The Morgan fingerprint density at radius 3 is 3.05 bits per heavy atom. The minimum atomic E-state index is -0.107. The molecule has 0 aromatic carbocycles. The Morgan fingerprint density at radius 1 is 1.41 bits per heavy atom. The average Bonchev–Trinajstić information content (AvgIpc) is 3.12. The summed E-state index contributed by atoms with van der Waals surface area (Å²) in [6.07, 6.45) is 10.4. The van der Waals surface area contributed by atoms with Crippen LogP contribution in [0.4, 0.5) is 0 Å². The average molecular weight is 301 g/mol. The molecular formula is C15H19N5O2. The molecule has 3 rings (SSSR count). The predicted molar refractivity (Wildman–Crippen MR) is 79.5 cm³/mol. The number of hydrogen-bond donors (Lipinski definition) is 0. The van der Waals surface area contributed by atoms with Crippen molar-refractivity contribution < 1.29 is 9.32 Å². The molecule has 1 fully saturated rings. The number of amides is 1. The highest BCUT2D eigenvalue weighted by molar-refractivity contribution is 5.91. The van der Waals surface area contributed by atoms with E-state index in [1.54, 1.807) is 23.0 Å². The summed E-state index contributed by atoms with van der Waals surface area (Å²) in [4.78, 5) is 18.6. The van der Waals surface area contributed by atoms with Gasteiger partial charge in [0, 0.05) is 25.9 Å². The first-order valence-corrected chi connectivity index (χ1v) is 7.48. The maximum Gasteiger partial charge on any atom is 0.247 e. The van der Waals surface area contributed by atoms with Gasteiger partial charge in [-0.3, -0.25) is 9.48 Å². The van der Waals surface area contributed by atoms with Crippen molar-refractivity contribution in [2.75, 3.05) is 6.54 Å². The first kappa shape index (κ1) is 14.5. The summed E-state index contributed by atoms with van der Waals surface area (Å²) in [7, 11) is 1.85. The van der Waals surface area contributed by atoms with E-state index in [1.165, 1.54) is 6.39 Å². The van der Waals surface area contributed by atoms with E-state index in [1.807, 2.05) is 18.0 Å². The monoisotopic (exact) mass is 301 g/mol. The number of aromatic nitrogens is 4. The van der Waals surface area contributed by atoms with Gasteiger partial charge in [0.2, 0.25) is 12.3 Å². The van der Waals surface area contributed by atoms with E-state index in [0.717, 1.165) is 31.4 Å². The van der Waals surface area contributed by atoms with Crippen LogP contribution in [-0.2, 0) is 11.8 Å². The normalized spacial score (nSPS) is 19.5. The van der Waals surface area contributed by atoms with E-state index in [4.69, 9.17) is 4.52 Å². The molecule has 7 heteroatoms. The van der Waals surface area contributed by atoms with Gasteiger partial charge in [-0.25, -0.2) is 0 Å². The molecule has 1 amide bonds. The molecule has 116 valence electrons. The number of carbonyl (C=O) groups excluding carboxylic acids is 1. The van der Waals surface area contributed by atoms with Gasteiger partial charge in [-0.05, 0) is 25.0 Å². The molecule has 2 aromatic rings. The lowest BCUT2D eigenvalue weighted by Crippen LogP contribution is -2.34. The van der Waals surface area contributed by atoms with Crippen molar-refractivity contribution in [1.29, 1.82) is 0 Å². The van der Waals surface area contributed by atoms with Crippen molar-refractivity contribution in [3.8, 4) is 0 Å². The maximum atomic E-state index is 12.6. The minimum absolute atomic E-state index is 0.0297. The topological polar surface area (TPSA) is 77.0 Å². The number of aryl methyl sites for hydroxylation is 1. The molecule has 2 aromatic heterocycles. The van der Waals surface area contributed by atoms with Crippen LogP contribution in [0.2, 0.25) is 0 Å². The van der Waals surface area contributed by atoms with Crippen LogP contribution in [0.1, 0.15) is 43.2 Å². The van der Waals surface area contributed by atoms with Crippen molar-refractivity contribution in [2.24, 2.45) is 7.05 Å². The predicted octanol–water partition coefficient (Wildman–Crippen LogP) is 1.96. The van der Waals surface area contributed by atoms with Gasteiger partial charge in [0.25, 0.3) is 0 Å². The van der Waals surface area contributed by atoms with Crippen LogP contribution in [0.5, 0.6) is 0 Å². The van der Waals surface area contributed by atoms with Gasteiger partial charge in [-0.2, -0.15) is 10.1 Å². The molecule has 1 saturated heterocycles. The second-order valence-electron chi connectivity index (χ2n) is 5.40. The highest BCUT2D eigenvalue weighted by Crippen LogP contribution is 2.28. The maximum absolute atomic E-state index is 12.6. The van der Waals surface area contributed by atoms with Gasteiger partial charge >= 0.3 is 0 Å². The van der Waals surface area contributed by atoms with Crippen LogP contribution in [0.3, 0.4) is 0 Å². The number of nitrogens with zero attached hydrogens (tertiary/aromatic N) is 5. The molecule has 0 unspecified atom stereocenters. The van der Waals surface area contributed by atoms with Crippen LogP contribution < -0.4 is 0 Å². The SMILES string of the molecule is Cn1nccc1/C=C/C(=O)N1CCCCC[C@@H]1c1ncon1. The molecule has 0 aliphatic carbocycles. The van der Waals surface area contributed by atoms with E-state index in [9.17, 15) is 4.79 Å². The van der Waals surface area contributed by atoms with Crippen molar-refractivity contribution in [2.45, 2.75) is 31.7 Å². The molecule has 0 N–H and O–H groups in total. The second kappa shape index (κ2) is 6.55. The second-order valence-corrected chi connectivity index (χ2v) is 5.40. The molecule has 0 bridgehead atoms. The van der Waals surface area contributed by atoms with Crippen LogP contribution in [0.25, 0.3) is 6.08 Å². The number of carbonyl (C=O) groups is 1. The van der Waals surface area contributed by atoms with E-state index in [2.05, 4.69) is 15.2 Å². The fourth-order valence-corrected chi connectivity index (χ4v) is 2.77. The van der Waals surface area contributed by atoms with Gasteiger partial charge in [0.15, 0.2) is 5.82 Å². The third-order valence-electron chi connectivity index (χ3n) is 3.97. The summed E-state index contributed by atoms with van der Waals surface area (Å²) in [5.41, 5.74) is 0.888. The zero-order valence-electron chi connectivity index (χ0n) is 12.6. The number of rotatable bonds is 3. The molecule has 0 spiro atoms. The molecule has 1 aliphatic heterocycles. The zero-order chi connectivity index (χ0) is 15.4. The zero-order valence-corrected chi connectivity index (χ0v) is 12.6. The Kier molecular flexibility index (Phi) is 4.32. The summed E-state index contributed by atoms with van der Waals surface area (Å²) in [6, 6.07) is 1.76. The van der Waals surface area contributed by atoms with E-state index >= 15 is 0 Å². The molecular weight excluding hydrogens is 282 g/mol. The van der Waals surface area contributed by atoms with Gasteiger partial charge in [-0.15, -0.1) is 0 Å². The molecule has 0 radical (unpaired) electrons. The third-order valence-corrected chi connectivity index (χ3v) is 3.97. The summed E-state index contributed by atoms with van der Waals surface area (Å²) in [5.74, 6) is 0.557. The first-order valence-electron chi connectivity index (χ1n) is 7.48. The largest absolute Gasteiger partial charge is 0.343 e. The highest BCUT2D eigenvalue weighted by atomic mass is 16.5. The quantitative estimate of drug-likeness (QED) is 0.810. The van der Waals surface area contributed by atoms with Crippen LogP contribution in [0.15, 0.2) is 29.3 Å². The van der Waals surface area contributed by atoms with Crippen molar-refractivity contribution in [3.63, 3.8) is 0 Å². The summed E-state index contributed by atoms with van der Waals surface area (Å²) >= 11 is 0. The van der Waals surface area contributed by atoms with Crippen LogP contribution in [0, 0.1) is 0 Å². The van der Waals surface area contributed by atoms with Crippen LogP contribution in [-0.4, -0.2) is 37.3 Å². The van der Waals surface area contributed by atoms with E-state index < -0.39 is 0 Å². The van der Waals surface area contributed by atoms with Gasteiger partial charge in [0.1, 0.15) is 0 Å². The molecule has 0 saturated carbocycles. The van der Waals surface area contributed by atoms with E-state index in [-0.39, 0.29) is 11.9 Å². The Bertz CT molecular complexity index is 647. The number of likely N-dealkylation sites (tertiary alicyclic amines) is 1. The van der Waals surface area contributed by atoms with Crippen molar-refractivity contribution in [3.05, 3.63) is 36.3 Å². The van der Waals surface area contributed by atoms with Crippen molar-refractivity contribution in [1.82, 2.24) is 24.8 Å². The fraction of sp³-hybridized carbons (Fsp3) is 0.467. The van der Waals surface area contributed by atoms with Crippen LogP contribution >= 0.6 is 0 Å². The Labute approximate surface area is 128 Å². The first-order chi connectivity index (χ1) is 10.8. The van der Waals surface area contributed by atoms with Gasteiger partial charge in [-0.1, -0.05) is 18.0 Å². The molecule has 7 nitrogen and oxygen atoms in total. The Balaban J connectivity index is 1.78. The molecule has 3 heterocycles. The van der Waals surface area contributed by atoms with Gasteiger partial charge < -0.3 is 9.42 Å². The minimum Gasteiger partial charge on any atom is -0.343 e. The molecule has 1 aliphatic rings. The van der Waals surface area contributed by atoms with E-state index in [0.29, 0.717) is 12.4 Å². The smallest absolute Gasteiger partial charge is 0.247 e. The number of hydrogen-bond acceptors (Lipinski definition) is 5. The highest BCUT2D eigenvalue weighted by Gasteiger charge is 2.28. The standard InChI is InChI=1S/C15H19N5O2/c1-19-12(8-9-17-19)6-7-14(21)20-10-4-2-3-5-13(20)15-16-11-22-18-15/h6-9,11,13H,2-5,10H2,1H3/b7-6+/t13-/m1/s1.